The van der Waals surface area contributed by atoms with Gasteiger partial charge in [-0.25, -0.2) is 0 Å². The molecule has 8 nitrogen and oxygen atoms in total. The number of amides is 1. The Kier molecular flexibility index (Phi) is 12.2. The number of rotatable bonds is 11. The van der Waals surface area contributed by atoms with Gasteiger partial charge in [0.25, 0.3) is 0 Å². The van der Waals surface area contributed by atoms with Gasteiger partial charge in [-0.15, -0.1) is 0 Å². The Hall–Kier alpha value is -2.29. The molecule has 0 aliphatic carbocycles. The fraction of sp³-hybridized carbons (Fsp3) is 0.690. The minimum atomic E-state index is -0.456. The summed E-state index contributed by atoms with van der Waals surface area (Å²) in [4.78, 5) is 34.3. The lowest BCUT2D eigenvalue weighted by Crippen LogP contribution is -2.50. The van der Waals surface area contributed by atoms with E-state index < -0.39 is 6.10 Å². The van der Waals surface area contributed by atoms with Gasteiger partial charge in [0.15, 0.2) is 0 Å². The van der Waals surface area contributed by atoms with Gasteiger partial charge >= 0.3 is 5.97 Å². The van der Waals surface area contributed by atoms with Gasteiger partial charge in [-0.05, 0) is 52.5 Å². The second-order valence-corrected chi connectivity index (χ2v) is 10.7. The van der Waals surface area contributed by atoms with Crippen molar-refractivity contribution in [3.63, 3.8) is 0 Å². The molecule has 7 unspecified atom stereocenters. The monoisotopic (exact) mass is 519 g/mol. The molecule has 1 amide bonds. The Labute approximate surface area is 221 Å². The predicted octanol–water partition coefficient (Wildman–Crippen LogP) is 4.23. The summed E-state index contributed by atoms with van der Waals surface area (Å²) in [6.07, 6.45) is 12.8. The van der Waals surface area contributed by atoms with Gasteiger partial charge in [-0.1, -0.05) is 30.7 Å². The molecule has 208 valence electrons. The van der Waals surface area contributed by atoms with E-state index in [2.05, 4.69) is 44.3 Å². The molecule has 0 aromatic rings. The molecule has 0 spiro atoms. The van der Waals surface area contributed by atoms with Gasteiger partial charge in [0.05, 0.1) is 36.1 Å². The highest BCUT2D eigenvalue weighted by atomic mass is 16.5. The van der Waals surface area contributed by atoms with E-state index in [0.29, 0.717) is 12.8 Å². The van der Waals surface area contributed by atoms with Crippen molar-refractivity contribution in [1.82, 2.24) is 5.32 Å². The van der Waals surface area contributed by atoms with Crippen LogP contribution in [0.4, 0.5) is 0 Å². The Balaban J connectivity index is 1.87. The first-order valence-corrected chi connectivity index (χ1v) is 13.2. The van der Waals surface area contributed by atoms with E-state index in [0.717, 1.165) is 31.1 Å². The zero-order chi connectivity index (χ0) is 27.6. The van der Waals surface area contributed by atoms with E-state index in [1.807, 2.05) is 6.92 Å². The molecular formula is C29H45NO7. The minimum absolute atomic E-state index is 0.0609. The average Bonchev–Trinajstić information content (AvgIpc) is 2.82. The summed E-state index contributed by atoms with van der Waals surface area (Å²) in [6, 6.07) is -0.0877. The molecule has 1 N–H and O–H groups in total. The molecule has 0 bridgehead atoms. The van der Waals surface area contributed by atoms with E-state index >= 15 is 0 Å². The average molecular weight is 520 g/mol. The number of hydrogen-bond acceptors (Lipinski definition) is 7. The first-order valence-electron chi connectivity index (χ1n) is 13.2. The standard InChI is InChI=1S/C29H45NO7/c1-19(8-11-24-17-29(6,34-7)18-25(37-24)14-15-31)9-12-27-20(2)16-26(22(4)36-27)30-28(33)13-10-21(3)35-23(5)32/h8-11,13,15,20-22,24-27H,12,14,16-18H2,1-7H3,(H,30,33)/b11-8+,13-10-,19-9+/t20?,21?,22?,24?,25-,26?,27?,29?/m1/s1. The van der Waals surface area contributed by atoms with E-state index in [-0.39, 0.29) is 53.9 Å². The molecule has 0 saturated carbocycles. The van der Waals surface area contributed by atoms with Crippen LogP contribution in [-0.4, -0.2) is 67.4 Å². The van der Waals surface area contributed by atoms with Gasteiger partial charge in [-0.3, -0.25) is 9.59 Å². The number of allylic oxidation sites excluding steroid dienone is 2. The molecule has 2 aliphatic heterocycles. The summed E-state index contributed by atoms with van der Waals surface area (Å²) in [5, 5.41) is 3.01. The molecule has 8 heteroatoms. The van der Waals surface area contributed by atoms with Crippen LogP contribution >= 0.6 is 0 Å². The topological polar surface area (TPSA) is 100 Å². The number of carbonyl (C=O) groups is 3. The zero-order valence-corrected chi connectivity index (χ0v) is 23.4. The summed E-state index contributed by atoms with van der Waals surface area (Å²) >= 11 is 0. The zero-order valence-electron chi connectivity index (χ0n) is 23.4. The first-order chi connectivity index (χ1) is 17.4. The third-order valence-corrected chi connectivity index (χ3v) is 7.17. The summed E-state index contributed by atoms with van der Waals surface area (Å²) < 4.78 is 23.1. The molecule has 2 aliphatic rings. The van der Waals surface area contributed by atoms with Crippen molar-refractivity contribution < 1.29 is 33.3 Å². The summed E-state index contributed by atoms with van der Waals surface area (Å²) in [5.74, 6) is -0.339. The van der Waals surface area contributed by atoms with Crippen LogP contribution in [0.1, 0.15) is 73.6 Å². The lowest BCUT2D eigenvalue weighted by atomic mass is 9.87. The van der Waals surface area contributed by atoms with Gasteiger partial charge in [0.2, 0.25) is 5.91 Å². The molecule has 37 heavy (non-hydrogen) atoms. The highest BCUT2D eigenvalue weighted by Gasteiger charge is 2.37. The Bertz CT molecular complexity index is 866. The van der Waals surface area contributed by atoms with Gasteiger partial charge in [-0.2, -0.15) is 0 Å². The number of carbonyl (C=O) groups excluding carboxylic acids is 3. The number of hydrogen-bond donors (Lipinski definition) is 1. The molecule has 2 heterocycles. The quantitative estimate of drug-likeness (QED) is 0.189. The van der Waals surface area contributed by atoms with Gasteiger partial charge in [0, 0.05) is 39.4 Å². The van der Waals surface area contributed by atoms with E-state index in [4.69, 9.17) is 18.9 Å². The third-order valence-electron chi connectivity index (χ3n) is 7.17. The maximum Gasteiger partial charge on any atom is 0.303 e. The molecular weight excluding hydrogens is 474 g/mol. The van der Waals surface area contributed by atoms with Gasteiger partial charge < -0.3 is 29.1 Å². The number of nitrogens with one attached hydrogen (secondary N) is 1. The molecule has 0 radical (unpaired) electrons. The molecule has 8 atom stereocenters. The van der Waals surface area contributed by atoms with Crippen LogP contribution < -0.4 is 5.32 Å². The summed E-state index contributed by atoms with van der Waals surface area (Å²) in [5.41, 5.74) is 0.814. The van der Waals surface area contributed by atoms with E-state index in [1.165, 1.54) is 13.0 Å². The Morgan fingerprint density at radius 2 is 1.86 bits per heavy atom. The number of aldehydes is 1. The minimum Gasteiger partial charge on any atom is -0.459 e. The number of methoxy groups -OCH3 is 1. The highest BCUT2D eigenvalue weighted by molar-refractivity contribution is 5.87. The van der Waals surface area contributed by atoms with E-state index in [9.17, 15) is 14.4 Å². The van der Waals surface area contributed by atoms with Crippen LogP contribution in [0.2, 0.25) is 0 Å². The van der Waals surface area contributed by atoms with Crippen molar-refractivity contribution in [3.8, 4) is 0 Å². The fourth-order valence-electron chi connectivity index (χ4n) is 4.96. The Morgan fingerprint density at radius 1 is 1.14 bits per heavy atom. The second-order valence-electron chi connectivity index (χ2n) is 10.7. The summed E-state index contributed by atoms with van der Waals surface area (Å²) in [7, 11) is 1.71. The second kappa shape index (κ2) is 14.6. The smallest absolute Gasteiger partial charge is 0.303 e. The van der Waals surface area contributed by atoms with Crippen molar-refractivity contribution in [1.29, 1.82) is 0 Å². The lowest BCUT2D eigenvalue weighted by Gasteiger charge is -2.40. The molecule has 0 aromatic carbocycles. The highest BCUT2D eigenvalue weighted by Crippen LogP contribution is 2.33. The van der Waals surface area contributed by atoms with Crippen LogP contribution in [0.15, 0.2) is 36.0 Å². The van der Waals surface area contributed by atoms with Crippen LogP contribution in [0.25, 0.3) is 0 Å². The van der Waals surface area contributed by atoms with Crippen molar-refractivity contribution >= 4 is 18.2 Å². The van der Waals surface area contributed by atoms with Crippen LogP contribution in [0.5, 0.6) is 0 Å². The van der Waals surface area contributed by atoms with Crippen molar-refractivity contribution in [2.75, 3.05) is 7.11 Å². The number of ether oxygens (including phenoxy) is 4. The molecule has 2 saturated heterocycles. The predicted molar refractivity (Wildman–Crippen MR) is 142 cm³/mol. The van der Waals surface area contributed by atoms with Crippen molar-refractivity contribution in [2.45, 2.75) is 116 Å². The van der Waals surface area contributed by atoms with Crippen LogP contribution in [0, 0.1) is 5.92 Å². The van der Waals surface area contributed by atoms with Crippen LogP contribution in [-0.2, 0) is 33.3 Å². The third kappa shape index (κ3) is 10.5. The molecule has 0 aromatic heterocycles. The SMILES string of the molecule is COC1(C)CC(/C=C/C(C)=C/CC2OC(C)C(NC(=O)/C=C\C(C)OC(C)=O)CC2C)O[C@H](CC=O)C1. The maximum absolute atomic E-state index is 12.3. The largest absolute Gasteiger partial charge is 0.459 e. The maximum atomic E-state index is 12.3. The molecule has 2 rings (SSSR count). The van der Waals surface area contributed by atoms with Crippen molar-refractivity contribution in [2.24, 2.45) is 5.92 Å². The first kappa shape index (κ1) is 30.9. The fourth-order valence-corrected chi connectivity index (χ4v) is 4.96. The van der Waals surface area contributed by atoms with E-state index in [1.54, 1.807) is 20.1 Å². The van der Waals surface area contributed by atoms with Gasteiger partial charge in [0.1, 0.15) is 12.4 Å². The number of esters is 1. The Morgan fingerprint density at radius 3 is 2.51 bits per heavy atom. The van der Waals surface area contributed by atoms with Crippen LogP contribution in [0.3, 0.4) is 0 Å². The molecule has 2 fully saturated rings. The lowest BCUT2D eigenvalue weighted by molar-refractivity contribution is -0.143. The van der Waals surface area contributed by atoms with Crippen molar-refractivity contribution in [3.05, 3.63) is 36.0 Å². The normalized spacial score (nSPS) is 33.9. The summed E-state index contributed by atoms with van der Waals surface area (Å²) in [6.45, 7) is 11.3.